The third-order valence-electron chi connectivity index (χ3n) is 4.42. The predicted molar refractivity (Wildman–Crippen MR) is 87.5 cm³/mol. The highest BCUT2D eigenvalue weighted by Crippen LogP contribution is 2.17. The molecule has 124 valence electrons. The Morgan fingerprint density at radius 3 is 2.73 bits per heavy atom. The Bertz CT molecular complexity index is 465. The number of likely N-dealkylation sites (tertiary alicyclic amines) is 1. The van der Waals surface area contributed by atoms with Gasteiger partial charge >= 0.3 is 0 Å². The molecular formula is C16H29N5O. The van der Waals surface area contributed by atoms with E-state index < -0.39 is 0 Å². The van der Waals surface area contributed by atoms with Gasteiger partial charge in [-0.2, -0.15) is 5.10 Å². The molecule has 1 unspecified atom stereocenters. The summed E-state index contributed by atoms with van der Waals surface area (Å²) >= 11 is 0. The van der Waals surface area contributed by atoms with Crippen molar-refractivity contribution in [3.05, 3.63) is 18.0 Å². The molecule has 1 amide bonds. The van der Waals surface area contributed by atoms with Gasteiger partial charge < -0.3 is 15.5 Å². The van der Waals surface area contributed by atoms with Gasteiger partial charge in [0.1, 0.15) is 6.04 Å². The largest absolute Gasteiger partial charge is 0.354 e. The van der Waals surface area contributed by atoms with E-state index in [0.29, 0.717) is 5.92 Å². The Hall–Kier alpha value is -1.40. The molecule has 2 rings (SSSR count). The minimum absolute atomic E-state index is 0.0338. The van der Waals surface area contributed by atoms with Crippen LogP contribution in [-0.2, 0) is 11.8 Å². The van der Waals surface area contributed by atoms with Crippen LogP contribution in [0.2, 0.25) is 0 Å². The van der Waals surface area contributed by atoms with Gasteiger partial charge in [-0.05, 0) is 51.9 Å². The summed E-state index contributed by atoms with van der Waals surface area (Å²) in [5.41, 5.74) is 0.903. The van der Waals surface area contributed by atoms with Crippen LogP contribution in [0.15, 0.2) is 12.4 Å². The zero-order valence-electron chi connectivity index (χ0n) is 14.0. The van der Waals surface area contributed by atoms with Crippen molar-refractivity contribution >= 4 is 5.91 Å². The second kappa shape index (κ2) is 8.29. The second-order valence-corrected chi connectivity index (χ2v) is 6.20. The Balaban J connectivity index is 1.77. The third-order valence-corrected chi connectivity index (χ3v) is 4.42. The van der Waals surface area contributed by atoms with Crippen LogP contribution in [0.3, 0.4) is 0 Å². The van der Waals surface area contributed by atoms with Gasteiger partial charge in [-0.3, -0.25) is 9.48 Å². The molecule has 1 aliphatic rings. The number of carbonyl (C=O) groups excluding carboxylic acids is 1. The maximum atomic E-state index is 12.4. The molecular weight excluding hydrogens is 278 g/mol. The van der Waals surface area contributed by atoms with Crippen molar-refractivity contribution in [3.63, 3.8) is 0 Å². The maximum Gasteiger partial charge on any atom is 0.241 e. The standard InChI is InChI=1S/C16H29N5O/c1-4-7-21-8-5-13(6-9-21)10-18-16(22)15(17-2)14-11-19-20(3)12-14/h11-13,15,17H,4-10H2,1-3H3,(H,18,22). The fourth-order valence-corrected chi connectivity index (χ4v) is 3.12. The number of aromatic nitrogens is 2. The molecule has 1 aromatic heterocycles. The van der Waals surface area contributed by atoms with E-state index in [9.17, 15) is 4.79 Å². The fourth-order valence-electron chi connectivity index (χ4n) is 3.12. The number of nitrogens with one attached hydrogen (secondary N) is 2. The van der Waals surface area contributed by atoms with Crippen LogP contribution >= 0.6 is 0 Å². The van der Waals surface area contributed by atoms with E-state index in [4.69, 9.17) is 0 Å². The molecule has 1 aliphatic heterocycles. The van der Waals surface area contributed by atoms with Crippen molar-refractivity contribution in [2.45, 2.75) is 32.2 Å². The molecule has 6 heteroatoms. The predicted octanol–water partition coefficient (Wildman–Crippen LogP) is 0.919. The number of rotatable bonds is 7. The maximum absolute atomic E-state index is 12.4. The number of hydrogen-bond acceptors (Lipinski definition) is 4. The average molecular weight is 307 g/mol. The first kappa shape index (κ1) is 17.0. The van der Waals surface area contributed by atoms with Crippen LogP contribution in [0.4, 0.5) is 0 Å². The van der Waals surface area contributed by atoms with Crippen LogP contribution in [-0.4, -0.2) is 53.8 Å². The molecule has 6 nitrogen and oxygen atoms in total. The molecule has 0 saturated carbocycles. The lowest BCUT2D eigenvalue weighted by Gasteiger charge is -2.32. The zero-order chi connectivity index (χ0) is 15.9. The summed E-state index contributed by atoms with van der Waals surface area (Å²) in [5.74, 6) is 0.634. The third kappa shape index (κ3) is 4.55. The van der Waals surface area contributed by atoms with Gasteiger partial charge in [0.05, 0.1) is 6.20 Å². The summed E-state index contributed by atoms with van der Waals surface area (Å²) in [6, 6.07) is -0.325. The van der Waals surface area contributed by atoms with Crippen molar-refractivity contribution in [1.29, 1.82) is 0 Å². The molecule has 1 atom stereocenters. The Morgan fingerprint density at radius 1 is 1.45 bits per heavy atom. The lowest BCUT2D eigenvalue weighted by Crippen LogP contribution is -2.41. The van der Waals surface area contributed by atoms with Gasteiger partial charge in [-0.1, -0.05) is 6.92 Å². The van der Waals surface area contributed by atoms with E-state index in [1.807, 2.05) is 13.2 Å². The van der Waals surface area contributed by atoms with E-state index in [1.165, 1.54) is 25.8 Å². The normalized spacial score (nSPS) is 18.3. The topological polar surface area (TPSA) is 62.2 Å². The average Bonchev–Trinajstić information content (AvgIpc) is 2.94. The fraction of sp³-hybridized carbons (Fsp3) is 0.750. The summed E-state index contributed by atoms with van der Waals surface area (Å²) in [6.45, 7) is 6.51. The lowest BCUT2D eigenvalue weighted by atomic mass is 9.96. The highest BCUT2D eigenvalue weighted by atomic mass is 16.2. The zero-order valence-corrected chi connectivity index (χ0v) is 14.0. The molecule has 0 spiro atoms. The van der Waals surface area contributed by atoms with Crippen molar-refractivity contribution in [1.82, 2.24) is 25.3 Å². The number of likely N-dealkylation sites (N-methyl/N-ethyl adjacent to an activating group) is 1. The van der Waals surface area contributed by atoms with Gasteiger partial charge in [0.15, 0.2) is 0 Å². The van der Waals surface area contributed by atoms with Gasteiger partial charge in [0, 0.05) is 25.4 Å². The van der Waals surface area contributed by atoms with Crippen LogP contribution < -0.4 is 10.6 Å². The minimum atomic E-state index is -0.325. The molecule has 0 aromatic carbocycles. The van der Waals surface area contributed by atoms with E-state index in [0.717, 1.165) is 25.2 Å². The van der Waals surface area contributed by atoms with Crippen LogP contribution in [0, 0.1) is 5.92 Å². The quantitative estimate of drug-likeness (QED) is 0.786. The minimum Gasteiger partial charge on any atom is -0.354 e. The Labute approximate surface area is 133 Å². The smallest absolute Gasteiger partial charge is 0.241 e. The van der Waals surface area contributed by atoms with Crippen LogP contribution in [0.1, 0.15) is 37.8 Å². The number of nitrogens with zero attached hydrogens (tertiary/aromatic N) is 3. The first-order valence-corrected chi connectivity index (χ1v) is 8.30. The summed E-state index contributed by atoms with van der Waals surface area (Å²) in [7, 11) is 3.67. The highest BCUT2D eigenvalue weighted by Gasteiger charge is 2.23. The molecule has 22 heavy (non-hydrogen) atoms. The van der Waals surface area contributed by atoms with Gasteiger partial charge in [0.2, 0.25) is 5.91 Å². The van der Waals surface area contributed by atoms with E-state index >= 15 is 0 Å². The number of amides is 1. The van der Waals surface area contributed by atoms with Crippen molar-refractivity contribution < 1.29 is 4.79 Å². The van der Waals surface area contributed by atoms with E-state index in [2.05, 4.69) is 27.6 Å². The van der Waals surface area contributed by atoms with Crippen LogP contribution in [0.25, 0.3) is 0 Å². The first-order valence-electron chi connectivity index (χ1n) is 8.30. The molecule has 0 aliphatic carbocycles. The second-order valence-electron chi connectivity index (χ2n) is 6.20. The van der Waals surface area contributed by atoms with Gasteiger partial charge in [-0.15, -0.1) is 0 Å². The van der Waals surface area contributed by atoms with Crippen molar-refractivity contribution in [2.75, 3.05) is 33.2 Å². The molecule has 1 saturated heterocycles. The first-order chi connectivity index (χ1) is 10.6. The lowest BCUT2D eigenvalue weighted by molar-refractivity contribution is -0.123. The van der Waals surface area contributed by atoms with Crippen molar-refractivity contribution in [3.8, 4) is 0 Å². The SMILES string of the molecule is CCCN1CCC(CNC(=O)C(NC)c2cnn(C)c2)CC1. The summed E-state index contributed by atoms with van der Waals surface area (Å²) in [4.78, 5) is 14.9. The monoisotopic (exact) mass is 307 g/mol. The van der Waals surface area contributed by atoms with E-state index in [1.54, 1.807) is 17.9 Å². The molecule has 2 heterocycles. The number of aryl methyl sites for hydroxylation is 1. The number of carbonyl (C=O) groups is 1. The van der Waals surface area contributed by atoms with Crippen LogP contribution in [0.5, 0.6) is 0 Å². The summed E-state index contributed by atoms with van der Waals surface area (Å²) < 4.78 is 1.72. The van der Waals surface area contributed by atoms with Gasteiger partial charge in [0.25, 0.3) is 0 Å². The Kier molecular flexibility index (Phi) is 6.39. The van der Waals surface area contributed by atoms with Crippen molar-refractivity contribution in [2.24, 2.45) is 13.0 Å². The molecule has 1 fully saturated rings. The molecule has 2 N–H and O–H groups in total. The molecule has 1 aromatic rings. The number of hydrogen-bond donors (Lipinski definition) is 2. The number of piperidine rings is 1. The van der Waals surface area contributed by atoms with Gasteiger partial charge in [-0.25, -0.2) is 0 Å². The molecule has 0 radical (unpaired) electrons. The summed E-state index contributed by atoms with van der Waals surface area (Å²) in [6.07, 6.45) is 7.19. The van der Waals surface area contributed by atoms with E-state index in [-0.39, 0.29) is 11.9 Å². The Morgan fingerprint density at radius 2 is 2.18 bits per heavy atom. The highest BCUT2D eigenvalue weighted by molar-refractivity contribution is 5.83. The molecule has 0 bridgehead atoms. The summed E-state index contributed by atoms with van der Waals surface area (Å²) in [5, 5.41) is 10.3.